The number of nitrogens with zero attached hydrogens (tertiary/aromatic N) is 1. The normalized spacial score (nSPS) is 23.2. The van der Waals surface area contributed by atoms with Gasteiger partial charge in [-0.1, -0.05) is 6.92 Å². The van der Waals surface area contributed by atoms with Gasteiger partial charge in [-0.3, -0.25) is 4.79 Å². The summed E-state index contributed by atoms with van der Waals surface area (Å²) in [5.41, 5.74) is 0.313. The highest BCUT2D eigenvalue weighted by Gasteiger charge is 2.34. The van der Waals surface area contributed by atoms with E-state index in [9.17, 15) is 4.79 Å². The highest BCUT2D eigenvalue weighted by Crippen LogP contribution is 2.33. The third-order valence-electron chi connectivity index (χ3n) is 3.35. The van der Waals surface area contributed by atoms with Gasteiger partial charge in [-0.15, -0.1) is 0 Å². The van der Waals surface area contributed by atoms with Crippen LogP contribution in [0.2, 0.25) is 0 Å². The summed E-state index contributed by atoms with van der Waals surface area (Å²) in [6.07, 6.45) is 4.83. The zero-order valence-electron chi connectivity index (χ0n) is 8.39. The molecule has 0 amide bonds. The Hall–Kier alpha value is -0.370. The fourth-order valence-corrected chi connectivity index (χ4v) is 2.11. The van der Waals surface area contributed by atoms with Gasteiger partial charge in [0, 0.05) is 18.4 Å². The number of Topliss-reactive ketones (excluding diaryl/α,β-unsaturated/α-hetero) is 1. The molecule has 0 bridgehead atoms. The van der Waals surface area contributed by atoms with Crippen LogP contribution in [-0.4, -0.2) is 30.3 Å². The Bertz CT molecular complexity index is 165. The molecule has 0 heterocycles. The molecule has 0 radical (unpaired) electrons. The van der Waals surface area contributed by atoms with Crippen LogP contribution in [0.1, 0.15) is 39.0 Å². The van der Waals surface area contributed by atoms with Gasteiger partial charge in [0.05, 0.1) is 0 Å². The van der Waals surface area contributed by atoms with Crippen molar-refractivity contribution in [2.45, 2.75) is 44.6 Å². The van der Waals surface area contributed by atoms with Gasteiger partial charge in [-0.2, -0.15) is 0 Å². The standard InChI is InChI=1S/C10H19NO/c1-4-10(11(2)3)7-5-9(12)6-8-10/h4-8H2,1-3H3. The Labute approximate surface area is 74.9 Å². The quantitative estimate of drug-likeness (QED) is 0.628. The fraction of sp³-hybridized carbons (Fsp3) is 0.900. The summed E-state index contributed by atoms with van der Waals surface area (Å²) in [6.45, 7) is 2.22. The van der Waals surface area contributed by atoms with Crippen molar-refractivity contribution in [2.75, 3.05) is 14.1 Å². The average Bonchev–Trinajstić information content (AvgIpc) is 2.06. The van der Waals surface area contributed by atoms with Gasteiger partial charge in [0.25, 0.3) is 0 Å². The highest BCUT2D eigenvalue weighted by molar-refractivity contribution is 5.79. The van der Waals surface area contributed by atoms with Crippen molar-refractivity contribution in [2.24, 2.45) is 0 Å². The minimum Gasteiger partial charge on any atom is -0.304 e. The van der Waals surface area contributed by atoms with E-state index in [-0.39, 0.29) is 0 Å². The van der Waals surface area contributed by atoms with Crippen molar-refractivity contribution < 1.29 is 4.79 Å². The van der Waals surface area contributed by atoms with Crippen LogP contribution in [-0.2, 0) is 4.79 Å². The molecule has 70 valence electrons. The maximum Gasteiger partial charge on any atom is 0.133 e. The second kappa shape index (κ2) is 3.56. The van der Waals surface area contributed by atoms with Crippen molar-refractivity contribution in [3.63, 3.8) is 0 Å². The minimum absolute atomic E-state index is 0.313. The molecule has 0 aromatic heterocycles. The molecule has 0 saturated heterocycles. The van der Waals surface area contributed by atoms with Crippen molar-refractivity contribution in [1.82, 2.24) is 4.90 Å². The van der Waals surface area contributed by atoms with E-state index in [0.29, 0.717) is 11.3 Å². The number of ketones is 1. The van der Waals surface area contributed by atoms with Crippen LogP contribution in [0.25, 0.3) is 0 Å². The van der Waals surface area contributed by atoms with E-state index in [4.69, 9.17) is 0 Å². The van der Waals surface area contributed by atoms with E-state index < -0.39 is 0 Å². The van der Waals surface area contributed by atoms with E-state index in [2.05, 4.69) is 25.9 Å². The predicted octanol–water partition coefficient (Wildman–Crippen LogP) is 1.84. The molecule has 2 heteroatoms. The highest BCUT2D eigenvalue weighted by atomic mass is 16.1. The van der Waals surface area contributed by atoms with Crippen LogP contribution in [0.15, 0.2) is 0 Å². The first-order chi connectivity index (χ1) is 5.60. The Morgan fingerprint density at radius 1 is 1.33 bits per heavy atom. The van der Waals surface area contributed by atoms with E-state index in [0.717, 1.165) is 32.1 Å². The SMILES string of the molecule is CCC1(N(C)C)CCC(=O)CC1. The monoisotopic (exact) mass is 169 g/mol. The first-order valence-electron chi connectivity index (χ1n) is 4.80. The summed E-state index contributed by atoms with van der Waals surface area (Å²) < 4.78 is 0. The second-order valence-corrected chi connectivity index (χ2v) is 4.01. The zero-order valence-corrected chi connectivity index (χ0v) is 8.39. The molecule has 0 aromatic rings. The fourth-order valence-electron chi connectivity index (χ4n) is 2.11. The molecule has 12 heavy (non-hydrogen) atoms. The smallest absolute Gasteiger partial charge is 0.133 e. The number of hydrogen-bond acceptors (Lipinski definition) is 2. The molecule has 0 atom stereocenters. The second-order valence-electron chi connectivity index (χ2n) is 4.01. The molecule has 1 rings (SSSR count). The lowest BCUT2D eigenvalue weighted by Crippen LogP contribution is -2.46. The van der Waals surface area contributed by atoms with E-state index in [1.54, 1.807) is 0 Å². The first kappa shape index (κ1) is 9.72. The largest absolute Gasteiger partial charge is 0.304 e. The summed E-state index contributed by atoms with van der Waals surface area (Å²) >= 11 is 0. The number of carbonyl (C=O) groups excluding carboxylic acids is 1. The Morgan fingerprint density at radius 3 is 2.17 bits per heavy atom. The van der Waals surface area contributed by atoms with Crippen LogP contribution in [0.4, 0.5) is 0 Å². The van der Waals surface area contributed by atoms with Crippen molar-refractivity contribution in [1.29, 1.82) is 0 Å². The van der Waals surface area contributed by atoms with Crippen LogP contribution >= 0.6 is 0 Å². The first-order valence-corrected chi connectivity index (χ1v) is 4.80. The summed E-state index contributed by atoms with van der Waals surface area (Å²) in [5.74, 6) is 0.445. The van der Waals surface area contributed by atoms with Crippen LogP contribution in [0.5, 0.6) is 0 Å². The van der Waals surface area contributed by atoms with E-state index in [1.165, 1.54) is 0 Å². The van der Waals surface area contributed by atoms with Gasteiger partial charge in [-0.05, 0) is 33.4 Å². The minimum atomic E-state index is 0.313. The van der Waals surface area contributed by atoms with E-state index >= 15 is 0 Å². The van der Waals surface area contributed by atoms with Gasteiger partial charge >= 0.3 is 0 Å². The average molecular weight is 169 g/mol. The molecule has 1 saturated carbocycles. The molecule has 0 N–H and O–H groups in total. The van der Waals surface area contributed by atoms with Crippen LogP contribution in [0.3, 0.4) is 0 Å². The number of carbonyl (C=O) groups is 1. The molecule has 0 aromatic carbocycles. The summed E-state index contributed by atoms with van der Waals surface area (Å²) in [5, 5.41) is 0. The van der Waals surface area contributed by atoms with Gasteiger partial charge in [0.15, 0.2) is 0 Å². The lowest BCUT2D eigenvalue weighted by molar-refractivity contribution is -0.122. The van der Waals surface area contributed by atoms with Crippen molar-refractivity contribution in [3.05, 3.63) is 0 Å². The number of rotatable bonds is 2. The third-order valence-corrected chi connectivity index (χ3v) is 3.35. The van der Waals surface area contributed by atoms with Gasteiger partial charge in [0.2, 0.25) is 0 Å². The Kier molecular flexibility index (Phi) is 2.89. The van der Waals surface area contributed by atoms with Gasteiger partial charge < -0.3 is 4.90 Å². The molecule has 0 spiro atoms. The van der Waals surface area contributed by atoms with Crippen LogP contribution < -0.4 is 0 Å². The van der Waals surface area contributed by atoms with Gasteiger partial charge in [-0.25, -0.2) is 0 Å². The molecule has 0 unspecified atom stereocenters. The van der Waals surface area contributed by atoms with Crippen LogP contribution in [0, 0.1) is 0 Å². The maximum absolute atomic E-state index is 11.1. The lowest BCUT2D eigenvalue weighted by Gasteiger charge is -2.42. The summed E-state index contributed by atoms with van der Waals surface area (Å²) in [7, 11) is 4.25. The molecule has 2 nitrogen and oxygen atoms in total. The van der Waals surface area contributed by atoms with Gasteiger partial charge in [0.1, 0.15) is 5.78 Å². The number of hydrogen-bond donors (Lipinski definition) is 0. The molecular formula is C10H19NO. The molecular weight excluding hydrogens is 150 g/mol. The lowest BCUT2D eigenvalue weighted by atomic mass is 9.78. The zero-order chi connectivity index (χ0) is 9.19. The maximum atomic E-state index is 11.1. The summed E-state index contributed by atoms with van der Waals surface area (Å²) in [6, 6.07) is 0. The molecule has 1 fully saturated rings. The van der Waals surface area contributed by atoms with E-state index in [1.807, 2.05) is 0 Å². The molecule has 0 aliphatic heterocycles. The molecule has 1 aliphatic carbocycles. The topological polar surface area (TPSA) is 20.3 Å². The van der Waals surface area contributed by atoms with Crippen molar-refractivity contribution >= 4 is 5.78 Å². The Morgan fingerprint density at radius 2 is 1.83 bits per heavy atom. The molecule has 1 aliphatic rings. The third kappa shape index (κ3) is 1.69. The predicted molar refractivity (Wildman–Crippen MR) is 50.2 cm³/mol. The Balaban J connectivity index is 2.63. The van der Waals surface area contributed by atoms with Crippen molar-refractivity contribution in [3.8, 4) is 0 Å². The summed E-state index contributed by atoms with van der Waals surface area (Å²) in [4.78, 5) is 13.4.